The Hall–Kier alpha value is -1.67. The average molecular weight is 310 g/mol. The molecular weight excluding hydrogens is 288 g/mol. The number of hydrogen-bond donors (Lipinski definition) is 4. The maximum Gasteiger partial charge on any atom is 0.240 e. The highest BCUT2D eigenvalue weighted by molar-refractivity contribution is 5.90. The van der Waals surface area contributed by atoms with E-state index in [0.717, 1.165) is 6.54 Å². The van der Waals surface area contributed by atoms with Crippen LogP contribution in [0.5, 0.6) is 0 Å². The number of carbonyl (C=O) groups is 3. The second-order valence-corrected chi connectivity index (χ2v) is 6.32. The summed E-state index contributed by atoms with van der Waals surface area (Å²) in [6.45, 7) is 2.58. The molecule has 5 atom stereocenters. The first-order valence-corrected chi connectivity index (χ1v) is 7.75. The molecule has 8 heteroatoms. The predicted octanol–water partition coefficient (Wildman–Crippen LogP) is -2.28. The first-order valence-electron chi connectivity index (χ1n) is 7.75. The molecule has 0 aromatic carbocycles. The molecule has 0 radical (unpaired) electrons. The third-order valence-electron chi connectivity index (χ3n) is 4.90. The van der Waals surface area contributed by atoms with Crippen molar-refractivity contribution in [3.05, 3.63) is 0 Å². The van der Waals surface area contributed by atoms with Gasteiger partial charge in [-0.2, -0.15) is 0 Å². The molecule has 122 valence electrons. The van der Waals surface area contributed by atoms with E-state index in [9.17, 15) is 14.4 Å². The fourth-order valence-corrected chi connectivity index (χ4v) is 3.57. The Morgan fingerprint density at radius 1 is 1.41 bits per heavy atom. The lowest BCUT2D eigenvalue weighted by molar-refractivity contribution is -0.130. The van der Waals surface area contributed by atoms with E-state index in [1.807, 2.05) is 0 Å². The molecule has 8 nitrogen and oxygen atoms in total. The standard InChI is InChI=1S/C14H22N4O4/c15-12(19)10(3-7-1-2-16-13(7)20)18-14(21)11-9-6-22-5-8(9)4-17-11/h7-11,17H,1-6H2,(H2,15,19)(H,16,20)(H,18,21)/t7-,8+,9?,10-,11?/m0/s1. The summed E-state index contributed by atoms with van der Waals surface area (Å²) in [6, 6.07) is -1.17. The van der Waals surface area contributed by atoms with Crippen LogP contribution in [-0.4, -0.2) is 56.1 Å². The zero-order valence-electron chi connectivity index (χ0n) is 12.3. The van der Waals surface area contributed by atoms with Crippen LogP contribution in [0.2, 0.25) is 0 Å². The highest BCUT2D eigenvalue weighted by atomic mass is 16.5. The molecule has 0 bridgehead atoms. The van der Waals surface area contributed by atoms with Crippen LogP contribution in [0.4, 0.5) is 0 Å². The molecule has 3 aliphatic rings. The van der Waals surface area contributed by atoms with Crippen molar-refractivity contribution in [2.45, 2.75) is 24.9 Å². The van der Waals surface area contributed by atoms with Gasteiger partial charge in [-0.1, -0.05) is 0 Å². The summed E-state index contributed by atoms with van der Waals surface area (Å²) in [6.07, 6.45) is 0.920. The van der Waals surface area contributed by atoms with Gasteiger partial charge in [-0.3, -0.25) is 14.4 Å². The third-order valence-corrected chi connectivity index (χ3v) is 4.90. The highest BCUT2D eigenvalue weighted by Gasteiger charge is 2.44. The smallest absolute Gasteiger partial charge is 0.240 e. The molecule has 3 fully saturated rings. The summed E-state index contributed by atoms with van der Waals surface area (Å²) >= 11 is 0. The van der Waals surface area contributed by atoms with Crippen molar-refractivity contribution < 1.29 is 19.1 Å². The van der Waals surface area contributed by atoms with E-state index in [-0.39, 0.29) is 36.1 Å². The third kappa shape index (κ3) is 2.93. The minimum absolute atomic E-state index is 0.0799. The Kier molecular flexibility index (Phi) is 4.30. The SMILES string of the molecule is NC(=O)[C@H](C[C@@H]1CCNC1=O)NC(=O)C1NC[C@@H]2COCC12. The van der Waals surface area contributed by atoms with Gasteiger partial charge in [-0.15, -0.1) is 0 Å². The second kappa shape index (κ2) is 6.21. The Balaban J connectivity index is 1.59. The van der Waals surface area contributed by atoms with Gasteiger partial charge in [0.25, 0.3) is 0 Å². The van der Waals surface area contributed by atoms with E-state index in [1.165, 1.54) is 0 Å². The van der Waals surface area contributed by atoms with Gasteiger partial charge in [0.1, 0.15) is 6.04 Å². The molecule has 0 aromatic rings. The summed E-state index contributed by atoms with van der Waals surface area (Å²) in [4.78, 5) is 35.6. The molecular formula is C14H22N4O4. The second-order valence-electron chi connectivity index (χ2n) is 6.32. The van der Waals surface area contributed by atoms with Gasteiger partial charge < -0.3 is 26.4 Å². The van der Waals surface area contributed by atoms with Crippen molar-refractivity contribution in [1.82, 2.24) is 16.0 Å². The molecule has 2 unspecified atom stereocenters. The molecule has 3 saturated heterocycles. The lowest BCUT2D eigenvalue weighted by Crippen LogP contribution is -2.53. The maximum absolute atomic E-state index is 12.4. The van der Waals surface area contributed by atoms with Crippen molar-refractivity contribution in [1.29, 1.82) is 0 Å². The summed E-state index contributed by atoms with van der Waals surface area (Å²) in [5.74, 6) is -0.696. The summed E-state index contributed by atoms with van der Waals surface area (Å²) in [7, 11) is 0. The van der Waals surface area contributed by atoms with Gasteiger partial charge in [0.15, 0.2) is 0 Å². The van der Waals surface area contributed by atoms with Crippen LogP contribution in [0.1, 0.15) is 12.8 Å². The summed E-state index contributed by atoms with van der Waals surface area (Å²) in [5, 5.41) is 8.61. The van der Waals surface area contributed by atoms with Gasteiger partial charge in [-0.05, 0) is 12.8 Å². The molecule has 0 spiro atoms. The van der Waals surface area contributed by atoms with Crippen LogP contribution in [-0.2, 0) is 19.1 Å². The first-order chi connectivity index (χ1) is 10.6. The maximum atomic E-state index is 12.4. The monoisotopic (exact) mass is 310 g/mol. The van der Waals surface area contributed by atoms with Crippen molar-refractivity contribution >= 4 is 17.7 Å². The van der Waals surface area contributed by atoms with Gasteiger partial charge in [0, 0.05) is 30.8 Å². The number of carbonyl (C=O) groups excluding carboxylic acids is 3. The van der Waals surface area contributed by atoms with Crippen LogP contribution in [0.3, 0.4) is 0 Å². The largest absolute Gasteiger partial charge is 0.381 e. The van der Waals surface area contributed by atoms with Crippen LogP contribution in [0.25, 0.3) is 0 Å². The number of amides is 3. The molecule has 3 amide bonds. The molecule has 5 N–H and O–H groups in total. The molecule has 22 heavy (non-hydrogen) atoms. The van der Waals surface area contributed by atoms with E-state index in [0.29, 0.717) is 32.1 Å². The number of ether oxygens (including phenoxy) is 1. The lowest BCUT2D eigenvalue weighted by atomic mass is 9.93. The number of fused-ring (bicyclic) bond motifs is 1. The van der Waals surface area contributed by atoms with E-state index in [1.54, 1.807) is 0 Å². The fourth-order valence-electron chi connectivity index (χ4n) is 3.57. The van der Waals surface area contributed by atoms with Crippen LogP contribution in [0.15, 0.2) is 0 Å². The van der Waals surface area contributed by atoms with Gasteiger partial charge in [0.2, 0.25) is 17.7 Å². The molecule has 0 saturated carbocycles. The van der Waals surface area contributed by atoms with Crippen molar-refractivity contribution in [2.24, 2.45) is 23.5 Å². The Labute approximate surface area is 128 Å². The lowest BCUT2D eigenvalue weighted by Gasteiger charge is -2.22. The highest BCUT2D eigenvalue weighted by Crippen LogP contribution is 2.29. The number of primary amides is 1. The van der Waals surface area contributed by atoms with E-state index >= 15 is 0 Å². The summed E-state index contributed by atoms with van der Waals surface area (Å²) in [5.41, 5.74) is 5.38. The van der Waals surface area contributed by atoms with Crippen molar-refractivity contribution in [3.8, 4) is 0 Å². The first kappa shape index (κ1) is 15.2. The molecule has 0 aromatic heterocycles. The fraction of sp³-hybridized carbons (Fsp3) is 0.786. The van der Waals surface area contributed by atoms with Gasteiger partial charge >= 0.3 is 0 Å². The van der Waals surface area contributed by atoms with Crippen LogP contribution < -0.4 is 21.7 Å². The van der Waals surface area contributed by atoms with E-state index in [2.05, 4.69) is 16.0 Å². The summed E-state index contributed by atoms with van der Waals surface area (Å²) < 4.78 is 5.40. The number of nitrogens with two attached hydrogens (primary N) is 1. The average Bonchev–Trinajstić information content (AvgIpc) is 3.14. The normalized spacial score (nSPS) is 35.0. The van der Waals surface area contributed by atoms with Gasteiger partial charge in [-0.25, -0.2) is 0 Å². The number of hydrogen-bond acceptors (Lipinski definition) is 5. The Morgan fingerprint density at radius 2 is 2.23 bits per heavy atom. The zero-order chi connectivity index (χ0) is 15.7. The molecule has 3 aliphatic heterocycles. The molecule has 3 heterocycles. The minimum atomic E-state index is -0.815. The molecule has 3 rings (SSSR count). The number of nitrogens with one attached hydrogen (secondary N) is 3. The van der Waals surface area contributed by atoms with E-state index in [4.69, 9.17) is 10.5 Å². The van der Waals surface area contributed by atoms with Gasteiger partial charge in [0.05, 0.1) is 19.3 Å². The molecule has 0 aliphatic carbocycles. The van der Waals surface area contributed by atoms with Crippen LogP contribution in [0, 0.1) is 17.8 Å². The topological polar surface area (TPSA) is 123 Å². The quantitative estimate of drug-likeness (QED) is 0.455. The van der Waals surface area contributed by atoms with Crippen molar-refractivity contribution in [2.75, 3.05) is 26.3 Å². The van der Waals surface area contributed by atoms with Crippen LogP contribution >= 0.6 is 0 Å². The zero-order valence-corrected chi connectivity index (χ0v) is 12.3. The Morgan fingerprint density at radius 3 is 2.91 bits per heavy atom. The minimum Gasteiger partial charge on any atom is -0.381 e. The predicted molar refractivity (Wildman–Crippen MR) is 76.4 cm³/mol. The van der Waals surface area contributed by atoms with E-state index < -0.39 is 11.9 Å². The number of rotatable bonds is 5. The Bertz CT molecular complexity index is 483. The van der Waals surface area contributed by atoms with Crippen molar-refractivity contribution in [3.63, 3.8) is 0 Å².